The molecule has 2 heterocycles. The zero-order valence-electron chi connectivity index (χ0n) is 13.2. The van der Waals surface area contributed by atoms with Crippen LogP contribution in [0.1, 0.15) is 12.8 Å². The minimum Gasteiger partial charge on any atom is -0.377 e. The highest BCUT2D eigenvalue weighted by atomic mass is 32.2. The summed E-state index contributed by atoms with van der Waals surface area (Å²) in [7, 11) is -3.68. The SMILES string of the molecule is O=C(Nc1ccc(S(=O)(=O)Nc2nccs2)cc1)C1C2CCCOC21. The van der Waals surface area contributed by atoms with Crippen molar-refractivity contribution >= 4 is 38.1 Å². The van der Waals surface area contributed by atoms with Gasteiger partial charge in [-0.2, -0.15) is 0 Å². The number of rotatable bonds is 5. The molecule has 4 rings (SSSR count). The third kappa shape index (κ3) is 3.39. The Hall–Kier alpha value is -1.97. The van der Waals surface area contributed by atoms with Crippen molar-refractivity contribution in [3.8, 4) is 0 Å². The summed E-state index contributed by atoms with van der Waals surface area (Å²) in [6.45, 7) is 0.726. The molecule has 1 aliphatic heterocycles. The van der Waals surface area contributed by atoms with Gasteiger partial charge in [0.05, 0.1) is 16.9 Å². The molecule has 2 aromatic rings. The number of hydrogen-bond acceptors (Lipinski definition) is 6. The first-order chi connectivity index (χ1) is 12.0. The van der Waals surface area contributed by atoms with E-state index in [1.54, 1.807) is 17.5 Å². The average Bonchev–Trinajstić information content (AvgIpc) is 3.12. The van der Waals surface area contributed by atoms with Crippen molar-refractivity contribution in [1.29, 1.82) is 0 Å². The molecule has 3 atom stereocenters. The van der Waals surface area contributed by atoms with Crippen LogP contribution in [0.3, 0.4) is 0 Å². The molecule has 1 amide bonds. The maximum Gasteiger partial charge on any atom is 0.263 e. The van der Waals surface area contributed by atoms with E-state index in [1.165, 1.54) is 29.7 Å². The van der Waals surface area contributed by atoms with Gasteiger partial charge in [-0.05, 0) is 37.1 Å². The number of benzene rings is 1. The molecule has 0 spiro atoms. The molecule has 2 fully saturated rings. The standard InChI is InChI=1S/C16H17N3O4S2/c20-15(13-12-2-1-8-23-14(12)13)18-10-3-5-11(6-4-10)25(21,22)19-16-17-7-9-24-16/h3-7,9,12-14H,1-2,8H2,(H,17,19)(H,18,20). The van der Waals surface area contributed by atoms with Crippen LogP contribution in [0.4, 0.5) is 10.8 Å². The topological polar surface area (TPSA) is 97.4 Å². The van der Waals surface area contributed by atoms with E-state index in [4.69, 9.17) is 4.74 Å². The molecule has 1 aliphatic carbocycles. The smallest absolute Gasteiger partial charge is 0.263 e. The predicted molar refractivity (Wildman–Crippen MR) is 93.9 cm³/mol. The zero-order valence-corrected chi connectivity index (χ0v) is 14.8. The largest absolute Gasteiger partial charge is 0.377 e. The van der Waals surface area contributed by atoms with Gasteiger partial charge >= 0.3 is 0 Å². The van der Waals surface area contributed by atoms with Crippen molar-refractivity contribution in [2.24, 2.45) is 11.8 Å². The van der Waals surface area contributed by atoms with Gasteiger partial charge in [-0.15, -0.1) is 11.3 Å². The van der Waals surface area contributed by atoms with Crippen molar-refractivity contribution < 1.29 is 17.9 Å². The fourth-order valence-corrected chi connectivity index (χ4v) is 4.97. The van der Waals surface area contributed by atoms with Crippen molar-refractivity contribution in [2.45, 2.75) is 23.8 Å². The van der Waals surface area contributed by atoms with Crippen LogP contribution in [0.2, 0.25) is 0 Å². The van der Waals surface area contributed by atoms with Crippen LogP contribution >= 0.6 is 11.3 Å². The molecular weight excluding hydrogens is 362 g/mol. The van der Waals surface area contributed by atoms with E-state index in [0.717, 1.165) is 19.4 Å². The summed E-state index contributed by atoms with van der Waals surface area (Å²) in [5.74, 6) is 0.182. The second-order valence-electron chi connectivity index (χ2n) is 6.12. The normalized spacial score (nSPS) is 25.0. The zero-order chi connectivity index (χ0) is 17.4. The molecule has 2 N–H and O–H groups in total. The van der Waals surface area contributed by atoms with E-state index in [2.05, 4.69) is 15.0 Å². The van der Waals surface area contributed by atoms with E-state index < -0.39 is 10.0 Å². The summed E-state index contributed by atoms with van der Waals surface area (Å²) in [5.41, 5.74) is 0.571. The lowest BCUT2D eigenvalue weighted by molar-refractivity contribution is -0.118. The van der Waals surface area contributed by atoms with Crippen LogP contribution in [0, 0.1) is 11.8 Å². The van der Waals surface area contributed by atoms with E-state index in [9.17, 15) is 13.2 Å². The van der Waals surface area contributed by atoms with Gasteiger partial charge < -0.3 is 10.1 Å². The highest BCUT2D eigenvalue weighted by molar-refractivity contribution is 7.93. The van der Waals surface area contributed by atoms with E-state index >= 15 is 0 Å². The first-order valence-electron chi connectivity index (χ1n) is 7.99. The van der Waals surface area contributed by atoms with Crippen LogP contribution in [0.5, 0.6) is 0 Å². The lowest BCUT2D eigenvalue weighted by Gasteiger charge is -2.08. The Morgan fingerprint density at radius 3 is 2.72 bits per heavy atom. The van der Waals surface area contributed by atoms with Gasteiger partial charge in [-0.1, -0.05) is 0 Å². The van der Waals surface area contributed by atoms with Gasteiger partial charge in [0.2, 0.25) is 5.91 Å². The molecule has 1 aromatic heterocycles. The number of sulfonamides is 1. The summed E-state index contributed by atoms with van der Waals surface area (Å²) < 4.78 is 32.5. The van der Waals surface area contributed by atoms with E-state index in [-0.39, 0.29) is 22.8 Å². The molecule has 1 aromatic carbocycles. The van der Waals surface area contributed by atoms with Gasteiger partial charge in [-0.25, -0.2) is 13.4 Å². The quantitative estimate of drug-likeness (QED) is 0.831. The van der Waals surface area contributed by atoms with Crippen LogP contribution in [-0.4, -0.2) is 32.0 Å². The summed E-state index contributed by atoms with van der Waals surface area (Å²) >= 11 is 1.21. The Kier molecular flexibility index (Phi) is 4.22. The van der Waals surface area contributed by atoms with Crippen LogP contribution in [0.15, 0.2) is 40.7 Å². The van der Waals surface area contributed by atoms with Crippen molar-refractivity contribution in [3.63, 3.8) is 0 Å². The number of nitrogens with zero attached hydrogens (tertiary/aromatic N) is 1. The third-order valence-electron chi connectivity index (χ3n) is 4.48. The second kappa shape index (κ2) is 6.40. The van der Waals surface area contributed by atoms with Gasteiger partial charge in [0.1, 0.15) is 0 Å². The molecule has 0 radical (unpaired) electrons. The molecule has 2 aliphatic rings. The number of anilines is 2. The molecule has 0 bridgehead atoms. The average molecular weight is 379 g/mol. The number of amides is 1. The van der Waals surface area contributed by atoms with Gasteiger partial charge in [0.25, 0.3) is 10.0 Å². The molecule has 7 nitrogen and oxygen atoms in total. The number of nitrogens with one attached hydrogen (secondary N) is 2. The monoisotopic (exact) mass is 379 g/mol. The number of carbonyl (C=O) groups excluding carboxylic acids is 1. The molecule has 132 valence electrons. The fraction of sp³-hybridized carbons (Fsp3) is 0.375. The second-order valence-corrected chi connectivity index (χ2v) is 8.70. The van der Waals surface area contributed by atoms with Crippen molar-refractivity contribution in [2.75, 3.05) is 16.6 Å². The molecule has 3 unspecified atom stereocenters. The van der Waals surface area contributed by atoms with Gasteiger partial charge in [0.15, 0.2) is 5.13 Å². The van der Waals surface area contributed by atoms with Gasteiger partial charge in [-0.3, -0.25) is 9.52 Å². The number of carbonyl (C=O) groups is 1. The summed E-state index contributed by atoms with van der Waals surface area (Å²) in [5, 5.41) is 4.84. The number of aromatic nitrogens is 1. The first kappa shape index (κ1) is 16.5. The molecule has 25 heavy (non-hydrogen) atoms. The van der Waals surface area contributed by atoms with E-state index in [1.807, 2.05) is 0 Å². The summed E-state index contributed by atoms with van der Waals surface area (Å²) in [4.78, 5) is 16.3. The summed E-state index contributed by atoms with van der Waals surface area (Å²) in [6, 6.07) is 6.09. The first-order valence-corrected chi connectivity index (χ1v) is 10.4. The highest BCUT2D eigenvalue weighted by Gasteiger charge is 2.56. The van der Waals surface area contributed by atoms with Gasteiger partial charge in [0, 0.05) is 29.8 Å². The Morgan fingerprint density at radius 2 is 2.08 bits per heavy atom. The van der Waals surface area contributed by atoms with E-state index in [0.29, 0.717) is 16.7 Å². The minimum atomic E-state index is -3.68. The number of fused-ring (bicyclic) bond motifs is 1. The minimum absolute atomic E-state index is 0.0518. The highest BCUT2D eigenvalue weighted by Crippen LogP contribution is 2.48. The van der Waals surface area contributed by atoms with Crippen LogP contribution in [0.25, 0.3) is 0 Å². The maximum absolute atomic E-state index is 12.3. The van der Waals surface area contributed by atoms with Crippen molar-refractivity contribution in [1.82, 2.24) is 4.98 Å². The molecule has 9 heteroatoms. The fourth-order valence-electron chi connectivity index (χ4n) is 3.19. The lowest BCUT2D eigenvalue weighted by Crippen LogP contribution is -2.17. The third-order valence-corrected chi connectivity index (χ3v) is 6.65. The Morgan fingerprint density at radius 1 is 1.28 bits per heavy atom. The number of hydrogen-bond donors (Lipinski definition) is 2. The maximum atomic E-state index is 12.3. The van der Waals surface area contributed by atoms with Crippen molar-refractivity contribution in [3.05, 3.63) is 35.8 Å². The number of thiazole rings is 1. The van der Waals surface area contributed by atoms with Crippen LogP contribution < -0.4 is 10.0 Å². The Bertz CT molecular complexity index is 853. The molecular formula is C16H17N3O4S2. The lowest BCUT2D eigenvalue weighted by atomic mass is 10.2. The molecule has 1 saturated heterocycles. The van der Waals surface area contributed by atoms with Crippen LogP contribution in [-0.2, 0) is 19.6 Å². The predicted octanol–water partition coefficient (Wildman–Crippen LogP) is 2.31. The Balaban J connectivity index is 1.41. The number of ether oxygens (including phenoxy) is 1. The summed E-state index contributed by atoms with van der Waals surface area (Å²) in [6.07, 6.45) is 3.61. The Labute approximate surface area is 149 Å². The molecule has 1 saturated carbocycles.